The minimum atomic E-state index is -0.233. The van der Waals surface area contributed by atoms with Crippen LogP contribution in [-0.4, -0.2) is 35.2 Å². The molecule has 0 aliphatic heterocycles. The van der Waals surface area contributed by atoms with Crippen LogP contribution in [0.1, 0.15) is 120 Å². The molecule has 0 saturated heterocycles. The predicted molar refractivity (Wildman–Crippen MR) is 131 cm³/mol. The SMILES string of the molecule is CCCC(CC)(CC)OCC(CC)(CC)NC(=O)CCCCCSCC(C)(C)C. The lowest BCUT2D eigenvalue weighted by Crippen LogP contribution is -2.53. The quantitative estimate of drug-likeness (QED) is 0.245. The summed E-state index contributed by atoms with van der Waals surface area (Å²) in [5.41, 5.74) is 0.128. The fourth-order valence-electron chi connectivity index (χ4n) is 3.70. The second kappa shape index (κ2) is 14.7. The highest BCUT2D eigenvalue weighted by Crippen LogP contribution is 2.29. The van der Waals surface area contributed by atoms with Crippen molar-refractivity contribution in [2.45, 2.75) is 131 Å². The molecule has 0 spiro atoms. The molecule has 0 radical (unpaired) electrons. The molecule has 29 heavy (non-hydrogen) atoms. The lowest BCUT2D eigenvalue weighted by Gasteiger charge is -2.39. The summed E-state index contributed by atoms with van der Waals surface area (Å²) in [5.74, 6) is 2.60. The number of carbonyl (C=O) groups is 1. The molecule has 4 heteroatoms. The smallest absolute Gasteiger partial charge is 0.220 e. The van der Waals surface area contributed by atoms with Gasteiger partial charge in [0.15, 0.2) is 0 Å². The highest BCUT2D eigenvalue weighted by atomic mass is 32.2. The fraction of sp³-hybridized carbons (Fsp3) is 0.960. The van der Waals surface area contributed by atoms with Crippen LogP contribution in [0.2, 0.25) is 0 Å². The average molecular weight is 430 g/mol. The first-order chi connectivity index (χ1) is 13.6. The van der Waals surface area contributed by atoms with Crippen LogP contribution >= 0.6 is 11.8 Å². The molecule has 0 aromatic heterocycles. The molecular formula is C25H51NO2S. The van der Waals surface area contributed by atoms with E-state index in [1.165, 1.54) is 17.9 Å². The van der Waals surface area contributed by atoms with Crippen molar-refractivity contribution in [3.8, 4) is 0 Å². The Morgan fingerprint density at radius 1 is 0.897 bits per heavy atom. The predicted octanol–water partition coefficient (Wildman–Crippen LogP) is 7.38. The highest BCUT2D eigenvalue weighted by Gasteiger charge is 2.33. The topological polar surface area (TPSA) is 38.3 Å². The summed E-state index contributed by atoms with van der Waals surface area (Å²) in [6.45, 7) is 18.5. The number of carbonyl (C=O) groups excluding carboxylic acids is 1. The van der Waals surface area contributed by atoms with Crippen molar-refractivity contribution in [2.75, 3.05) is 18.1 Å². The van der Waals surface area contributed by atoms with E-state index >= 15 is 0 Å². The second-order valence-corrected chi connectivity index (χ2v) is 11.0. The number of ether oxygens (including phenoxy) is 1. The Morgan fingerprint density at radius 2 is 1.52 bits per heavy atom. The summed E-state index contributed by atoms with van der Waals surface area (Å²) in [6.07, 6.45) is 10.1. The lowest BCUT2D eigenvalue weighted by atomic mass is 9.89. The van der Waals surface area contributed by atoms with E-state index in [0.717, 1.165) is 51.4 Å². The molecule has 0 saturated carbocycles. The van der Waals surface area contributed by atoms with E-state index in [1.807, 2.05) is 11.8 Å². The number of hydrogen-bond acceptors (Lipinski definition) is 3. The van der Waals surface area contributed by atoms with Crippen molar-refractivity contribution in [2.24, 2.45) is 5.41 Å². The molecule has 0 unspecified atom stereocenters. The maximum atomic E-state index is 12.6. The first-order valence-corrected chi connectivity index (χ1v) is 13.3. The highest BCUT2D eigenvalue weighted by molar-refractivity contribution is 7.99. The van der Waals surface area contributed by atoms with Crippen LogP contribution in [0, 0.1) is 5.41 Å². The van der Waals surface area contributed by atoms with Crippen molar-refractivity contribution >= 4 is 17.7 Å². The van der Waals surface area contributed by atoms with Gasteiger partial charge in [-0.3, -0.25) is 4.79 Å². The second-order valence-electron chi connectivity index (χ2n) is 9.89. The van der Waals surface area contributed by atoms with Gasteiger partial charge in [0.25, 0.3) is 0 Å². The number of nitrogens with one attached hydrogen (secondary N) is 1. The monoisotopic (exact) mass is 429 g/mol. The number of unbranched alkanes of at least 4 members (excludes halogenated alkanes) is 2. The van der Waals surface area contributed by atoms with Gasteiger partial charge in [-0.2, -0.15) is 11.8 Å². The zero-order valence-corrected chi connectivity index (χ0v) is 21.7. The fourth-order valence-corrected chi connectivity index (χ4v) is 4.86. The van der Waals surface area contributed by atoms with Gasteiger partial charge in [0.1, 0.15) is 0 Å². The number of hydrogen-bond donors (Lipinski definition) is 1. The van der Waals surface area contributed by atoms with Crippen molar-refractivity contribution < 1.29 is 9.53 Å². The van der Waals surface area contributed by atoms with Crippen molar-refractivity contribution in [3.05, 3.63) is 0 Å². The first kappa shape index (κ1) is 28.8. The molecule has 0 aliphatic rings. The van der Waals surface area contributed by atoms with Gasteiger partial charge >= 0.3 is 0 Å². The third-order valence-electron chi connectivity index (χ3n) is 6.13. The van der Waals surface area contributed by atoms with E-state index in [1.54, 1.807) is 0 Å². The van der Waals surface area contributed by atoms with Crippen molar-refractivity contribution in [3.63, 3.8) is 0 Å². The zero-order chi connectivity index (χ0) is 22.4. The summed E-state index contributed by atoms with van der Waals surface area (Å²) >= 11 is 2.04. The molecular weight excluding hydrogens is 378 g/mol. The Balaban J connectivity index is 4.43. The summed E-state index contributed by atoms with van der Waals surface area (Å²) < 4.78 is 6.50. The minimum absolute atomic E-state index is 0.0419. The molecule has 1 N–H and O–H groups in total. The van der Waals surface area contributed by atoms with E-state index in [-0.39, 0.29) is 17.0 Å². The average Bonchev–Trinajstić information content (AvgIpc) is 2.68. The minimum Gasteiger partial charge on any atom is -0.373 e. The lowest BCUT2D eigenvalue weighted by molar-refractivity contribution is -0.127. The molecule has 1 amide bonds. The van der Waals surface area contributed by atoms with Gasteiger partial charge in [0.2, 0.25) is 5.91 Å². The van der Waals surface area contributed by atoms with Crippen molar-refractivity contribution in [1.29, 1.82) is 0 Å². The third-order valence-corrected chi connectivity index (χ3v) is 7.78. The van der Waals surface area contributed by atoms with E-state index in [2.05, 4.69) is 60.7 Å². The molecule has 0 aromatic rings. The van der Waals surface area contributed by atoms with E-state index in [0.29, 0.717) is 18.4 Å². The number of amides is 1. The van der Waals surface area contributed by atoms with Crippen molar-refractivity contribution in [1.82, 2.24) is 5.32 Å². The van der Waals surface area contributed by atoms with Gasteiger partial charge in [-0.25, -0.2) is 0 Å². The van der Waals surface area contributed by atoms with Crippen LogP contribution in [0.3, 0.4) is 0 Å². The molecule has 0 rings (SSSR count). The molecule has 3 nitrogen and oxygen atoms in total. The number of thioether (sulfide) groups is 1. The molecule has 0 bridgehead atoms. The molecule has 0 atom stereocenters. The van der Waals surface area contributed by atoms with E-state index in [9.17, 15) is 4.79 Å². The Kier molecular flexibility index (Phi) is 14.6. The van der Waals surface area contributed by atoms with Crippen LogP contribution < -0.4 is 5.32 Å². The van der Waals surface area contributed by atoms with Gasteiger partial charge in [0.05, 0.1) is 17.7 Å². The first-order valence-electron chi connectivity index (χ1n) is 12.1. The van der Waals surface area contributed by atoms with Gasteiger partial charge < -0.3 is 10.1 Å². The van der Waals surface area contributed by atoms with Crippen LogP contribution in [-0.2, 0) is 9.53 Å². The van der Waals surface area contributed by atoms with Crippen LogP contribution in [0.4, 0.5) is 0 Å². The maximum Gasteiger partial charge on any atom is 0.220 e. The maximum absolute atomic E-state index is 12.6. The van der Waals surface area contributed by atoms with Crippen LogP contribution in [0.15, 0.2) is 0 Å². The Hall–Kier alpha value is -0.220. The van der Waals surface area contributed by atoms with Gasteiger partial charge in [0, 0.05) is 6.42 Å². The standard InChI is InChI=1S/C25H51NO2S/c1-9-18-25(12-4,13-5)28-20-24(10-2,11-3)26-22(27)17-15-14-16-19-29-21-23(6,7)8/h9-21H2,1-8H3,(H,26,27). The van der Waals surface area contributed by atoms with Crippen LogP contribution in [0.25, 0.3) is 0 Å². The third kappa shape index (κ3) is 12.3. The largest absolute Gasteiger partial charge is 0.373 e. The summed E-state index contributed by atoms with van der Waals surface area (Å²) in [6, 6.07) is 0. The van der Waals surface area contributed by atoms with E-state index in [4.69, 9.17) is 4.74 Å². The molecule has 0 fully saturated rings. The summed E-state index contributed by atoms with van der Waals surface area (Å²) in [5, 5.41) is 3.35. The normalized spacial score (nSPS) is 13.0. The molecule has 0 heterocycles. The van der Waals surface area contributed by atoms with Gasteiger partial charge in [-0.15, -0.1) is 0 Å². The Morgan fingerprint density at radius 3 is 2.00 bits per heavy atom. The van der Waals surface area contributed by atoms with Crippen LogP contribution in [0.5, 0.6) is 0 Å². The molecule has 174 valence electrons. The van der Waals surface area contributed by atoms with Gasteiger partial charge in [-0.1, -0.05) is 68.2 Å². The molecule has 0 aromatic carbocycles. The Bertz CT molecular complexity index is 423. The zero-order valence-electron chi connectivity index (χ0n) is 20.9. The van der Waals surface area contributed by atoms with Gasteiger partial charge in [-0.05, 0) is 61.9 Å². The summed E-state index contributed by atoms with van der Waals surface area (Å²) in [4.78, 5) is 12.6. The summed E-state index contributed by atoms with van der Waals surface area (Å²) in [7, 11) is 0. The molecule has 0 aliphatic carbocycles. The van der Waals surface area contributed by atoms with E-state index < -0.39 is 0 Å². The number of rotatable bonds is 17. The Labute approximate surface area is 186 Å².